The summed E-state index contributed by atoms with van der Waals surface area (Å²) in [7, 11) is -3.60. The third kappa shape index (κ3) is 9.10. The predicted octanol–water partition coefficient (Wildman–Crippen LogP) is 5.36. The third-order valence-corrected chi connectivity index (χ3v) is 8.10. The van der Waals surface area contributed by atoms with Gasteiger partial charge in [0.05, 0.1) is 11.9 Å². The molecular formula is C31H38ClN3O4S. The van der Waals surface area contributed by atoms with Crippen LogP contribution in [0.5, 0.6) is 0 Å². The topological polar surface area (TPSA) is 86.8 Å². The SMILES string of the molecule is CCCNC(=O)C(Cc1ccccc1)N(Cc1ccccc1C)C(=O)CCCN(c1cccc(Cl)c1)S(C)(=O)=O. The minimum absolute atomic E-state index is 0.0742. The second-order valence-electron chi connectivity index (χ2n) is 9.86. The van der Waals surface area contributed by atoms with E-state index in [2.05, 4.69) is 5.32 Å². The molecule has 0 aliphatic heterocycles. The minimum atomic E-state index is -3.60. The summed E-state index contributed by atoms with van der Waals surface area (Å²) >= 11 is 6.10. The van der Waals surface area contributed by atoms with Crippen molar-refractivity contribution in [3.05, 3.63) is 101 Å². The zero-order chi connectivity index (χ0) is 29.1. The Labute approximate surface area is 243 Å². The molecule has 0 aromatic heterocycles. The van der Waals surface area contributed by atoms with E-state index in [-0.39, 0.29) is 37.7 Å². The summed E-state index contributed by atoms with van der Waals surface area (Å²) in [6, 6.07) is 23.4. The average Bonchev–Trinajstić information content (AvgIpc) is 2.92. The number of carbonyl (C=O) groups is 2. The summed E-state index contributed by atoms with van der Waals surface area (Å²) in [4.78, 5) is 28.9. The normalized spacial score (nSPS) is 12.0. The van der Waals surface area contributed by atoms with Gasteiger partial charge >= 0.3 is 0 Å². The number of rotatable bonds is 14. The van der Waals surface area contributed by atoms with Crippen LogP contribution >= 0.6 is 11.6 Å². The molecule has 3 rings (SSSR count). The zero-order valence-corrected chi connectivity index (χ0v) is 24.9. The Hall–Kier alpha value is -3.36. The van der Waals surface area contributed by atoms with Crippen LogP contribution in [0, 0.1) is 6.92 Å². The van der Waals surface area contributed by atoms with Gasteiger partial charge in [0.25, 0.3) is 0 Å². The van der Waals surface area contributed by atoms with Gasteiger partial charge in [0.15, 0.2) is 0 Å². The lowest BCUT2D eigenvalue weighted by molar-refractivity contribution is -0.141. The number of nitrogens with zero attached hydrogens (tertiary/aromatic N) is 2. The molecule has 0 radical (unpaired) electrons. The number of nitrogens with one attached hydrogen (secondary N) is 1. The van der Waals surface area contributed by atoms with Gasteiger partial charge in [-0.25, -0.2) is 8.42 Å². The average molecular weight is 584 g/mol. The number of hydrogen-bond donors (Lipinski definition) is 1. The highest BCUT2D eigenvalue weighted by Crippen LogP contribution is 2.23. The monoisotopic (exact) mass is 583 g/mol. The molecule has 0 aliphatic carbocycles. The van der Waals surface area contributed by atoms with Crippen LogP contribution in [0.4, 0.5) is 5.69 Å². The number of hydrogen-bond acceptors (Lipinski definition) is 4. The second-order valence-corrected chi connectivity index (χ2v) is 12.2. The van der Waals surface area contributed by atoms with E-state index < -0.39 is 16.1 Å². The van der Waals surface area contributed by atoms with Crippen molar-refractivity contribution in [2.45, 2.75) is 52.1 Å². The van der Waals surface area contributed by atoms with Gasteiger partial charge in [0, 0.05) is 37.5 Å². The fourth-order valence-corrected chi connectivity index (χ4v) is 5.67. The quantitative estimate of drug-likeness (QED) is 0.277. The van der Waals surface area contributed by atoms with Crippen molar-refractivity contribution in [2.75, 3.05) is 23.7 Å². The minimum Gasteiger partial charge on any atom is -0.354 e. The summed E-state index contributed by atoms with van der Waals surface area (Å²) in [6.07, 6.45) is 2.63. The highest BCUT2D eigenvalue weighted by atomic mass is 35.5. The number of benzene rings is 3. The first-order valence-electron chi connectivity index (χ1n) is 13.5. The van der Waals surface area contributed by atoms with Crippen LogP contribution < -0.4 is 9.62 Å². The first kappa shape index (κ1) is 31.2. The highest BCUT2D eigenvalue weighted by Gasteiger charge is 2.30. The maximum atomic E-state index is 13.8. The van der Waals surface area contributed by atoms with Gasteiger partial charge in [-0.15, -0.1) is 0 Å². The molecule has 0 fully saturated rings. The summed E-state index contributed by atoms with van der Waals surface area (Å²) < 4.78 is 26.4. The Balaban J connectivity index is 1.88. The van der Waals surface area contributed by atoms with E-state index in [1.54, 1.807) is 29.2 Å². The van der Waals surface area contributed by atoms with Crippen LogP contribution in [-0.2, 0) is 32.6 Å². The van der Waals surface area contributed by atoms with Crippen molar-refractivity contribution in [3.63, 3.8) is 0 Å². The van der Waals surface area contributed by atoms with E-state index in [1.807, 2.05) is 68.4 Å². The summed E-state index contributed by atoms with van der Waals surface area (Å²) in [5.41, 5.74) is 3.37. The van der Waals surface area contributed by atoms with Crippen molar-refractivity contribution in [3.8, 4) is 0 Å². The van der Waals surface area contributed by atoms with Gasteiger partial charge < -0.3 is 10.2 Å². The van der Waals surface area contributed by atoms with E-state index in [0.717, 1.165) is 29.4 Å². The molecule has 3 aromatic carbocycles. The van der Waals surface area contributed by atoms with Crippen LogP contribution in [0.25, 0.3) is 0 Å². The third-order valence-electron chi connectivity index (χ3n) is 6.67. The van der Waals surface area contributed by atoms with Gasteiger partial charge in [0.2, 0.25) is 21.8 Å². The van der Waals surface area contributed by atoms with Crippen molar-refractivity contribution in [1.82, 2.24) is 10.2 Å². The van der Waals surface area contributed by atoms with Crippen molar-refractivity contribution in [2.24, 2.45) is 0 Å². The highest BCUT2D eigenvalue weighted by molar-refractivity contribution is 7.92. The van der Waals surface area contributed by atoms with Crippen LogP contribution in [0.2, 0.25) is 5.02 Å². The first-order valence-corrected chi connectivity index (χ1v) is 15.7. The lowest BCUT2D eigenvalue weighted by Crippen LogP contribution is -2.50. The van der Waals surface area contributed by atoms with Crippen LogP contribution in [0.3, 0.4) is 0 Å². The van der Waals surface area contributed by atoms with Crippen molar-refractivity contribution >= 4 is 39.1 Å². The number of aryl methyl sites for hydroxylation is 1. The molecule has 2 amide bonds. The molecule has 0 saturated carbocycles. The largest absolute Gasteiger partial charge is 0.354 e. The van der Waals surface area contributed by atoms with E-state index in [1.165, 1.54) is 4.31 Å². The molecule has 3 aromatic rings. The summed E-state index contributed by atoms with van der Waals surface area (Å²) in [6.45, 7) is 4.85. The Morgan fingerprint density at radius 2 is 1.68 bits per heavy atom. The van der Waals surface area contributed by atoms with E-state index in [0.29, 0.717) is 23.7 Å². The van der Waals surface area contributed by atoms with Gasteiger partial charge in [0.1, 0.15) is 6.04 Å². The molecule has 1 unspecified atom stereocenters. The molecule has 214 valence electrons. The fraction of sp³-hybridized carbons (Fsp3) is 0.355. The van der Waals surface area contributed by atoms with Crippen molar-refractivity contribution in [1.29, 1.82) is 0 Å². The van der Waals surface area contributed by atoms with Crippen LogP contribution in [0.1, 0.15) is 42.9 Å². The number of amides is 2. The number of carbonyl (C=O) groups excluding carboxylic acids is 2. The molecule has 1 N–H and O–H groups in total. The van der Waals surface area contributed by atoms with Gasteiger partial charge in [-0.3, -0.25) is 13.9 Å². The standard InChI is InChI=1S/C31H38ClN3O4S/c1-4-19-33-31(37)29(21-25-13-6-5-7-14-25)34(23-26-15-9-8-12-24(26)2)30(36)18-11-20-35(40(3,38)39)28-17-10-16-27(32)22-28/h5-10,12-17,22,29H,4,11,18-21,23H2,1-3H3,(H,33,37). The second kappa shape index (κ2) is 14.9. The number of halogens is 1. The summed E-state index contributed by atoms with van der Waals surface area (Å²) in [5, 5.41) is 3.40. The smallest absolute Gasteiger partial charge is 0.243 e. The molecule has 0 bridgehead atoms. The molecule has 0 heterocycles. The molecular weight excluding hydrogens is 546 g/mol. The first-order chi connectivity index (χ1) is 19.1. The molecule has 7 nitrogen and oxygen atoms in total. The van der Waals surface area contributed by atoms with Crippen LogP contribution in [0.15, 0.2) is 78.9 Å². The zero-order valence-electron chi connectivity index (χ0n) is 23.3. The Morgan fingerprint density at radius 3 is 2.33 bits per heavy atom. The molecule has 9 heteroatoms. The molecule has 0 spiro atoms. The molecule has 0 aliphatic rings. The Morgan fingerprint density at radius 1 is 0.975 bits per heavy atom. The lowest BCUT2D eigenvalue weighted by atomic mass is 10.0. The van der Waals surface area contributed by atoms with Crippen molar-refractivity contribution < 1.29 is 18.0 Å². The maximum Gasteiger partial charge on any atom is 0.243 e. The molecule has 0 saturated heterocycles. The van der Waals surface area contributed by atoms with Crippen LogP contribution in [-0.4, -0.2) is 50.5 Å². The maximum absolute atomic E-state index is 13.8. The van der Waals surface area contributed by atoms with E-state index in [9.17, 15) is 18.0 Å². The number of anilines is 1. The Kier molecular flexibility index (Phi) is 11.6. The Bertz CT molecular complexity index is 1380. The van der Waals surface area contributed by atoms with Gasteiger partial charge in [-0.2, -0.15) is 0 Å². The predicted molar refractivity (Wildman–Crippen MR) is 162 cm³/mol. The molecule has 1 atom stereocenters. The van der Waals surface area contributed by atoms with Gasteiger partial charge in [-0.05, 0) is 54.7 Å². The summed E-state index contributed by atoms with van der Waals surface area (Å²) in [5.74, 6) is -0.417. The van der Waals surface area contributed by atoms with E-state index >= 15 is 0 Å². The molecule has 40 heavy (non-hydrogen) atoms. The lowest BCUT2D eigenvalue weighted by Gasteiger charge is -2.32. The number of sulfonamides is 1. The fourth-order valence-electron chi connectivity index (χ4n) is 4.53. The van der Waals surface area contributed by atoms with E-state index in [4.69, 9.17) is 11.6 Å². The van der Waals surface area contributed by atoms with Gasteiger partial charge in [-0.1, -0.05) is 79.2 Å².